The molecule has 0 saturated heterocycles. The summed E-state index contributed by atoms with van der Waals surface area (Å²) in [7, 11) is 2.10. The number of benzene rings is 1. The molecular weight excluding hydrogens is 196 g/mol. The van der Waals surface area contributed by atoms with E-state index in [4.69, 9.17) is 0 Å². The quantitative estimate of drug-likeness (QED) is 0.463. The number of hydrogen-bond donors (Lipinski definition) is 0. The van der Waals surface area contributed by atoms with Crippen LogP contribution in [0.1, 0.15) is 44.1 Å². The highest BCUT2D eigenvalue weighted by Crippen LogP contribution is 2.10. The van der Waals surface area contributed by atoms with Crippen molar-refractivity contribution in [2.45, 2.75) is 51.0 Å². The molecule has 1 aromatic carbocycles. The summed E-state index contributed by atoms with van der Waals surface area (Å²) < 4.78 is 0. The first-order valence-corrected chi connectivity index (χ1v) is 7.26. The summed E-state index contributed by atoms with van der Waals surface area (Å²) in [4.78, 5) is 0. The molecule has 15 heavy (non-hydrogen) atoms. The molecule has 0 amide bonds. The van der Waals surface area contributed by atoms with E-state index in [2.05, 4.69) is 40.6 Å². The van der Waals surface area contributed by atoms with Gasteiger partial charge in [-0.25, -0.2) is 0 Å². The topological polar surface area (TPSA) is 0 Å². The third kappa shape index (κ3) is 6.51. The zero-order valence-corrected chi connectivity index (χ0v) is 11.2. The highest BCUT2D eigenvalue weighted by molar-refractivity contribution is 6.08. The van der Waals surface area contributed by atoms with Gasteiger partial charge in [0.1, 0.15) is 0 Å². The van der Waals surface area contributed by atoms with Crippen LogP contribution in [0.5, 0.6) is 0 Å². The van der Waals surface area contributed by atoms with Crippen molar-refractivity contribution in [3.05, 3.63) is 35.9 Å². The van der Waals surface area contributed by atoms with E-state index < -0.39 is 0 Å². The Morgan fingerprint density at radius 2 is 1.33 bits per heavy atom. The van der Waals surface area contributed by atoms with E-state index in [0.29, 0.717) is 0 Å². The Bertz CT molecular complexity index is 230. The highest BCUT2D eigenvalue weighted by Gasteiger charge is 1.92. The Balaban J connectivity index is 1.93. The molecule has 1 aromatic rings. The second-order valence-corrected chi connectivity index (χ2v) is 4.92. The molecule has 0 unspecified atom stereocenters. The van der Waals surface area contributed by atoms with E-state index in [1.54, 1.807) is 0 Å². The van der Waals surface area contributed by atoms with Crippen LogP contribution in [0.3, 0.4) is 0 Å². The van der Waals surface area contributed by atoms with Crippen molar-refractivity contribution in [2.24, 2.45) is 0 Å². The minimum Gasteiger partial charge on any atom is -0.0652 e. The number of rotatable bonds is 8. The number of aryl methyl sites for hydroxylation is 1. The second-order valence-electron chi connectivity index (χ2n) is 4.21. The first-order chi connectivity index (χ1) is 7.43. The Morgan fingerprint density at radius 1 is 0.733 bits per heavy atom. The zero-order chi connectivity index (χ0) is 10.8. The van der Waals surface area contributed by atoms with E-state index in [0.717, 1.165) is 0 Å². The van der Waals surface area contributed by atoms with E-state index >= 15 is 0 Å². The van der Waals surface area contributed by atoms with Gasteiger partial charge < -0.3 is 0 Å². The molecule has 1 heteroatoms. The molecule has 0 heterocycles. The molecule has 0 fully saturated rings. The maximum absolute atomic E-state index is 2.23. The molecule has 0 nitrogen and oxygen atoms in total. The molecule has 0 bridgehead atoms. The zero-order valence-electron chi connectivity index (χ0n) is 9.75. The van der Waals surface area contributed by atoms with Gasteiger partial charge in [0.05, 0.1) is 0 Å². The van der Waals surface area contributed by atoms with Gasteiger partial charge in [0.2, 0.25) is 0 Å². The van der Waals surface area contributed by atoms with Crippen molar-refractivity contribution in [1.82, 2.24) is 0 Å². The van der Waals surface area contributed by atoms with E-state index in [9.17, 15) is 0 Å². The molecule has 0 spiro atoms. The van der Waals surface area contributed by atoms with Crippen LogP contribution < -0.4 is 0 Å². The summed E-state index contributed by atoms with van der Waals surface area (Å²) in [6.45, 7) is 0. The van der Waals surface area contributed by atoms with Crippen molar-refractivity contribution < 1.29 is 0 Å². The molecular formula is C14H23Si. The lowest BCUT2D eigenvalue weighted by Crippen LogP contribution is -1.85. The van der Waals surface area contributed by atoms with Gasteiger partial charge in [0.25, 0.3) is 0 Å². The molecule has 0 N–H and O–H groups in total. The van der Waals surface area contributed by atoms with Crippen LogP contribution in [0.4, 0.5) is 0 Å². The van der Waals surface area contributed by atoms with Crippen LogP contribution in [-0.4, -0.2) is 10.2 Å². The van der Waals surface area contributed by atoms with Gasteiger partial charge in [-0.2, -0.15) is 0 Å². The van der Waals surface area contributed by atoms with E-state index in [1.165, 1.54) is 56.6 Å². The maximum atomic E-state index is 2.23. The molecule has 0 aliphatic carbocycles. The monoisotopic (exact) mass is 219 g/mol. The van der Waals surface area contributed by atoms with Crippen LogP contribution >= 0.6 is 0 Å². The normalized spacial score (nSPS) is 10.5. The lowest BCUT2D eigenvalue weighted by Gasteiger charge is -2.01. The third-order valence-electron chi connectivity index (χ3n) is 2.81. The Hall–Kier alpha value is -0.563. The highest BCUT2D eigenvalue weighted by atomic mass is 28.1. The molecule has 83 valence electrons. The first-order valence-electron chi connectivity index (χ1n) is 6.26. The Kier molecular flexibility index (Phi) is 7.27. The minimum atomic E-state index is 1.26. The SMILES string of the molecule is [SiH2]CCCCCCCCc1ccccc1. The largest absolute Gasteiger partial charge is 0.0652 e. The van der Waals surface area contributed by atoms with Crippen LogP contribution in [0.25, 0.3) is 0 Å². The summed E-state index contributed by atoms with van der Waals surface area (Å²) in [5, 5.41) is 0. The van der Waals surface area contributed by atoms with Crippen LogP contribution in [0.15, 0.2) is 30.3 Å². The van der Waals surface area contributed by atoms with E-state index in [1.807, 2.05) is 0 Å². The standard InChI is InChI=1S/C14H23Si/c15-13-9-4-2-1-3-6-10-14-11-7-5-8-12-14/h5,7-8,11-12H,1-4,6,9-10,13,15H2. The third-order valence-corrected chi connectivity index (χ3v) is 3.31. The first kappa shape index (κ1) is 12.5. The maximum Gasteiger partial charge on any atom is 0.00797 e. The van der Waals surface area contributed by atoms with Gasteiger partial charge in [0, 0.05) is 10.2 Å². The second kappa shape index (κ2) is 8.72. The molecule has 1 radical (unpaired) electrons. The average molecular weight is 219 g/mol. The van der Waals surface area contributed by atoms with Crippen LogP contribution in [-0.2, 0) is 6.42 Å². The summed E-state index contributed by atoms with van der Waals surface area (Å²) in [6, 6.07) is 12.2. The molecule has 0 aliphatic rings. The van der Waals surface area contributed by atoms with Gasteiger partial charge in [-0.3, -0.25) is 0 Å². The summed E-state index contributed by atoms with van der Waals surface area (Å²) in [6.07, 6.45) is 9.75. The van der Waals surface area contributed by atoms with Crippen molar-refractivity contribution in [2.75, 3.05) is 0 Å². The van der Waals surface area contributed by atoms with Gasteiger partial charge >= 0.3 is 0 Å². The van der Waals surface area contributed by atoms with Gasteiger partial charge in [0.15, 0.2) is 0 Å². The molecule has 0 aromatic heterocycles. The summed E-state index contributed by atoms with van der Waals surface area (Å²) in [5.41, 5.74) is 1.49. The van der Waals surface area contributed by atoms with Crippen molar-refractivity contribution >= 4 is 10.2 Å². The Morgan fingerprint density at radius 3 is 2.00 bits per heavy atom. The molecule has 0 atom stereocenters. The van der Waals surface area contributed by atoms with Crippen molar-refractivity contribution in [3.8, 4) is 0 Å². The van der Waals surface area contributed by atoms with Crippen molar-refractivity contribution in [1.29, 1.82) is 0 Å². The molecule has 0 saturated carbocycles. The van der Waals surface area contributed by atoms with E-state index in [-0.39, 0.29) is 0 Å². The molecule has 0 aliphatic heterocycles. The lowest BCUT2D eigenvalue weighted by atomic mass is 10.1. The predicted molar refractivity (Wildman–Crippen MR) is 71.2 cm³/mol. The summed E-state index contributed by atoms with van der Waals surface area (Å²) >= 11 is 0. The van der Waals surface area contributed by atoms with Gasteiger partial charge in [-0.1, -0.05) is 68.5 Å². The van der Waals surface area contributed by atoms with Crippen LogP contribution in [0.2, 0.25) is 6.04 Å². The predicted octanol–water partition coefficient (Wildman–Crippen LogP) is 3.62. The smallest absolute Gasteiger partial charge is 0.00797 e. The fourth-order valence-corrected chi connectivity index (χ4v) is 2.21. The lowest BCUT2D eigenvalue weighted by molar-refractivity contribution is 0.607. The Labute approximate surface area is 97.5 Å². The number of hydrogen-bond acceptors (Lipinski definition) is 0. The minimum absolute atomic E-state index is 1.26. The average Bonchev–Trinajstić information content (AvgIpc) is 2.29. The van der Waals surface area contributed by atoms with Gasteiger partial charge in [-0.05, 0) is 18.4 Å². The van der Waals surface area contributed by atoms with Gasteiger partial charge in [-0.15, -0.1) is 0 Å². The van der Waals surface area contributed by atoms with Crippen molar-refractivity contribution in [3.63, 3.8) is 0 Å². The fraction of sp³-hybridized carbons (Fsp3) is 0.571. The number of unbranched alkanes of at least 4 members (excludes halogenated alkanes) is 5. The fourth-order valence-electron chi connectivity index (χ4n) is 1.86. The summed E-state index contributed by atoms with van der Waals surface area (Å²) in [5.74, 6) is 0. The van der Waals surface area contributed by atoms with Crippen LogP contribution in [0, 0.1) is 0 Å². The molecule has 1 rings (SSSR count).